The molecular formula is C16H17NO3S2. The summed E-state index contributed by atoms with van der Waals surface area (Å²) < 4.78 is 11.3. The van der Waals surface area contributed by atoms with Gasteiger partial charge in [-0.25, -0.2) is 0 Å². The van der Waals surface area contributed by atoms with Crippen LogP contribution in [0.15, 0.2) is 29.2 Å². The maximum atomic E-state index is 12.5. The maximum Gasteiger partial charge on any atom is 0.266 e. The molecule has 0 unspecified atom stereocenters. The molecule has 3 rings (SSSR count). The monoisotopic (exact) mass is 335 g/mol. The van der Waals surface area contributed by atoms with Crippen LogP contribution < -0.4 is 4.74 Å². The smallest absolute Gasteiger partial charge is 0.266 e. The first kappa shape index (κ1) is 15.5. The molecule has 1 amide bonds. The van der Waals surface area contributed by atoms with E-state index < -0.39 is 0 Å². The van der Waals surface area contributed by atoms with Crippen LogP contribution in [-0.4, -0.2) is 41.5 Å². The molecule has 0 spiro atoms. The fourth-order valence-electron chi connectivity index (χ4n) is 2.50. The number of benzene rings is 1. The fourth-order valence-corrected chi connectivity index (χ4v) is 3.78. The second kappa shape index (κ2) is 6.81. The van der Waals surface area contributed by atoms with Crippen LogP contribution >= 0.6 is 24.0 Å². The number of hydrogen-bond acceptors (Lipinski definition) is 5. The number of ether oxygens (including phenoxy) is 2. The molecule has 0 radical (unpaired) electrons. The zero-order valence-electron chi connectivity index (χ0n) is 12.3. The summed E-state index contributed by atoms with van der Waals surface area (Å²) in [7, 11) is 1.63. The average molecular weight is 335 g/mol. The lowest BCUT2D eigenvalue weighted by Crippen LogP contribution is -2.35. The van der Waals surface area contributed by atoms with Gasteiger partial charge in [0.05, 0.1) is 24.7 Å². The van der Waals surface area contributed by atoms with Crippen LogP contribution in [0, 0.1) is 0 Å². The van der Waals surface area contributed by atoms with Gasteiger partial charge >= 0.3 is 0 Å². The predicted molar refractivity (Wildman–Crippen MR) is 91.8 cm³/mol. The second-order valence-corrected chi connectivity index (χ2v) is 6.88. The summed E-state index contributed by atoms with van der Waals surface area (Å²) in [5.41, 5.74) is 0.957. The van der Waals surface area contributed by atoms with E-state index in [0.717, 1.165) is 30.8 Å². The highest BCUT2D eigenvalue weighted by Crippen LogP contribution is 2.33. The van der Waals surface area contributed by atoms with Crippen molar-refractivity contribution in [2.24, 2.45) is 0 Å². The van der Waals surface area contributed by atoms with Crippen molar-refractivity contribution in [2.75, 3.05) is 20.3 Å². The van der Waals surface area contributed by atoms with Crippen LogP contribution in [0.5, 0.6) is 5.75 Å². The highest BCUT2D eigenvalue weighted by molar-refractivity contribution is 8.26. The Balaban J connectivity index is 1.72. The number of carbonyl (C=O) groups is 1. The van der Waals surface area contributed by atoms with Crippen LogP contribution in [0.4, 0.5) is 0 Å². The molecule has 6 heteroatoms. The molecule has 116 valence electrons. The van der Waals surface area contributed by atoms with Crippen LogP contribution in [0.1, 0.15) is 18.4 Å². The van der Waals surface area contributed by atoms with Crippen molar-refractivity contribution in [3.05, 3.63) is 34.7 Å². The molecule has 1 aromatic carbocycles. The van der Waals surface area contributed by atoms with E-state index in [0.29, 0.717) is 15.8 Å². The lowest BCUT2D eigenvalue weighted by atomic mass is 10.2. The molecule has 22 heavy (non-hydrogen) atoms. The minimum Gasteiger partial charge on any atom is -0.497 e. The Hall–Kier alpha value is -1.37. The van der Waals surface area contributed by atoms with Crippen molar-refractivity contribution in [1.29, 1.82) is 0 Å². The number of thioether (sulfide) groups is 1. The standard InChI is InChI=1S/C16H17NO3S2/c1-19-12-6-4-11(5-7-12)9-14-15(18)17(16(21)22-14)10-13-3-2-8-20-13/h4-7,9,13H,2-3,8,10H2,1H3/b14-9+/t13-/m1/s1. The summed E-state index contributed by atoms with van der Waals surface area (Å²) in [5, 5.41) is 0. The summed E-state index contributed by atoms with van der Waals surface area (Å²) in [4.78, 5) is 14.8. The normalized spacial score (nSPS) is 23.6. The largest absolute Gasteiger partial charge is 0.497 e. The number of nitrogens with zero attached hydrogens (tertiary/aromatic N) is 1. The van der Waals surface area contributed by atoms with Crippen molar-refractivity contribution in [3.63, 3.8) is 0 Å². The molecule has 0 N–H and O–H groups in total. The topological polar surface area (TPSA) is 38.8 Å². The number of thiocarbonyl (C=S) groups is 1. The number of amides is 1. The van der Waals surface area contributed by atoms with Crippen LogP contribution in [-0.2, 0) is 9.53 Å². The van der Waals surface area contributed by atoms with Crippen LogP contribution in [0.25, 0.3) is 6.08 Å². The minimum atomic E-state index is -0.0266. The van der Waals surface area contributed by atoms with Gasteiger partial charge in [0, 0.05) is 6.61 Å². The van der Waals surface area contributed by atoms with Gasteiger partial charge in [-0.3, -0.25) is 9.69 Å². The Morgan fingerprint density at radius 3 is 2.86 bits per heavy atom. The van der Waals surface area contributed by atoms with Gasteiger partial charge in [-0.05, 0) is 36.6 Å². The maximum absolute atomic E-state index is 12.5. The van der Waals surface area contributed by atoms with Crippen molar-refractivity contribution < 1.29 is 14.3 Å². The molecule has 2 aliphatic heterocycles. The van der Waals surface area contributed by atoms with E-state index in [1.807, 2.05) is 30.3 Å². The molecule has 1 atom stereocenters. The molecule has 0 aliphatic carbocycles. The van der Waals surface area contributed by atoms with Crippen molar-refractivity contribution in [2.45, 2.75) is 18.9 Å². The van der Waals surface area contributed by atoms with Gasteiger partial charge in [0.2, 0.25) is 0 Å². The van der Waals surface area contributed by atoms with E-state index >= 15 is 0 Å². The van der Waals surface area contributed by atoms with Crippen molar-refractivity contribution >= 4 is 40.3 Å². The van der Waals surface area contributed by atoms with E-state index in [4.69, 9.17) is 21.7 Å². The Bertz CT molecular complexity index is 606. The van der Waals surface area contributed by atoms with Gasteiger partial charge < -0.3 is 9.47 Å². The molecule has 1 aromatic rings. The van der Waals surface area contributed by atoms with Gasteiger partial charge in [-0.1, -0.05) is 36.1 Å². The number of methoxy groups -OCH3 is 1. The van der Waals surface area contributed by atoms with E-state index in [1.54, 1.807) is 12.0 Å². The zero-order valence-corrected chi connectivity index (χ0v) is 13.9. The first-order valence-electron chi connectivity index (χ1n) is 7.18. The molecule has 0 aromatic heterocycles. The third-order valence-corrected chi connectivity index (χ3v) is 5.08. The zero-order chi connectivity index (χ0) is 15.5. The lowest BCUT2D eigenvalue weighted by Gasteiger charge is -2.18. The highest BCUT2D eigenvalue weighted by Gasteiger charge is 2.34. The molecule has 0 bridgehead atoms. The molecule has 4 nitrogen and oxygen atoms in total. The molecule has 2 aliphatic rings. The third kappa shape index (κ3) is 3.34. The Kier molecular flexibility index (Phi) is 4.81. The molecule has 0 saturated carbocycles. The quantitative estimate of drug-likeness (QED) is 0.624. The van der Waals surface area contributed by atoms with Crippen LogP contribution in [0.2, 0.25) is 0 Å². The van der Waals surface area contributed by atoms with Crippen molar-refractivity contribution in [1.82, 2.24) is 4.90 Å². The van der Waals surface area contributed by atoms with Gasteiger partial charge in [0.1, 0.15) is 10.1 Å². The third-order valence-electron chi connectivity index (χ3n) is 3.70. The van der Waals surface area contributed by atoms with Crippen LogP contribution in [0.3, 0.4) is 0 Å². The predicted octanol–water partition coefficient (Wildman–Crippen LogP) is 3.08. The summed E-state index contributed by atoms with van der Waals surface area (Å²) >= 11 is 6.69. The van der Waals surface area contributed by atoms with Gasteiger partial charge in [-0.15, -0.1) is 0 Å². The lowest BCUT2D eigenvalue weighted by molar-refractivity contribution is -0.123. The summed E-state index contributed by atoms with van der Waals surface area (Å²) in [5.74, 6) is 0.768. The summed E-state index contributed by atoms with van der Waals surface area (Å²) in [6.45, 7) is 1.34. The molecular weight excluding hydrogens is 318 g/mol. The van der Waals surface area contributed by atoms with Gasteiger partial charge in [0.25, 0.3) is 5.91 Å². The molecule has 2 saturated heterocycles. The fraction of sp³-hybridized carbons (Fsp3) is 0.375. The molecule has 2 heterocycles. The Labute approximate surface area is 139 Å². The second-order valence-electron chi connectivity index (χ2n) is 5.20. The SMILES string of the molecule is COc1ccc(/C=C2/SC(=S)N(C[C@H]3CCCO3)C2=O)cc1. The first-order valence-corrected chi connectivity index (χ1v) is 8.41. The first-order chi connectivity index (χ1) is 10.7. The number of rotatable bonds is 4. The summed E-state index contributed by atoms with van der Waals surface area (Å²) in [6.07, 6.45) is 4.03. The number of carbonyl (C=O) groups excluding carboxylic acids is 1. The van der Waals surface area contributed by atoms with Gasteiger partial charge in [-0.2, -0.15) is 0 Å². The number of hydrogen-bond donors (Lipinski definition) is 0. The highest BCUT2D eigenvalue weighted by atomic mass is 32.2. The van der Waals surface area contributed by atoms with Crippen molar-refractivity contribution in [3.8, 4) is 5.75 Å². The Morgan fingerprint density at radius 2 is 2.23 bits per heavy atom. The minimum absolute atomic E-state index is 0.0266. The van der Waals surface area contributed by atoms with E-state index in [-0.39, 0.29) is 12.0 Å². The summed E-state index contributed by atoms with van der Waals surface area (Å²) in [6, 6.07) is 7.59. The van der Waals surface area contributed by atoms with E-state index in [1.165, 1.54) is 11.8 Å². The van der Waals surface area contributed by atoms with E-state index in [2.05, 4.69) is 0 Å². The average Bonchev–Trinajstić information content (AvgIpc) is 3.13. The van der Waals surface area contributed by atoms with Gasteiger partial charge in [0.15, 0.2) is 0 Å². The van der Waals surface area contributed by atoms with E-state index in [9.17, 15) is 4.79 Å². The Morgan fingerprint density at radius 1 is 1.45 bits per heavy atom. The molecule has 2 fully saturated rings.